The molecule has 0 radical (unpaired) electrons. The van der Waals surface area contributed by atoms with E-state index in [1.54, 1.807) is 0 Å². The highest BCUT2D eigenvalue weighted by Gasteiger charge is 2.87. The average molecular weight is 417 g/mol. The molecule has 0 aliphatic heterocycles. The molecular weight excluding hydrogens is 407 g/mol. The molecular formula is C14H10F11NO. The van der Waals surface area contributed by atoms with Gasteiger partial charge in [-0.05, 0) is 18.6 Å². The number of benzene rings is 1. The molecule has 1 aromatic rings. The molecule has 0 saturated carbocycles. The van der Waals surface area contributed by atoms with Gasteiger partial charge in [-0.1, -0.05) is 12.1 Å². The maximum Gasteiger partial charge on any atom is 0.460 e. The predicted molar refractivity (Wildman–Crippen MR) is 71.1 cm³/mol. The standard InChI is InChI=1S/C14H10F11NO/c1-7-3-2-4-8(9(7)27)5-26-6-10(15,16)11(17,18)12(19,20)13(21,22)14(23,24)25/h2-5,27H,6H2,1H3. The highest BCUT2D eigenvalue weighted by molar-refractivity contribution is 5.84. The normalized spacial score (nSPS) is 14.8. The number of aliphatic imine (C=N–C) groups is 1. The van der Waals surface area contributed by atoms with E-state index >= 15 is 0 Å². The molecule has 0 fully saturated rings. The third-order valence-corrected chi connectivity index (χ3v) is 3.39. The van der Waals surface area contributed by atoms with Crippen LogP contribution >= 0.6 is 0 Å². The minimum atomic E-state index is -7.46. The van der Waals surface area contributed by atoms with E-state index in [-0.39, 0.29) is 11.1 Å². The summed E-state index contributed by atoms with van der Waals surface area (Å²) in [6.07, 6.45) is -6.85. The summed E-state index contributed by atoms with van der Waals surface area (Å²) < 4.78 is 141. The molecule has 1 rings (SSSR count). The molecule has 13 heteroatoms. The first-order chi connectivity index (χ1) is 11.9. The Kier molecular flexibility index (Phi) is 5.80. The minimum Gasteiger partial charge on any atom is -0.507 e. The van der Waals surface area contributed by atoms with Gasteiger partial charge in [0.2, 0.25) is 0 Å². The van der Waals surface area contributed by atoms with E-state index in [1.165, 1.54) is 19.1 Å². The van der Waals surface area contributed by atoms with Crippen LogP contribution in [0.25, 0.3) is 0 Å². The van der Waals surface area contributed by atoms with Gasteiger partial charge in [0, 0.05) is 11.8 Å². The van der Waals surface area contributed by atoms with Crippen LogP contribution in [-0.4, -0.2) is 47.7 Å². The molecule has 1 N–H and O–H groups in total. The molecule has 0 aliphatic rings. The van der Waals surface area contributed by atoms with Gasteiger partial charge in [0.25, 0.3) is 0 Å². The molecule has 0 bridgehead atoms. The number of phenols is 1. The van der Waals surface area contributed by atoms with E-state index in [0.29, 0.717) is 6.21 Å². The zero-order chi connectivity index (χ0) is 21.5. The number of alkyl halides is 11. The lowest BCUT2D eigenvalue weighted by molar-refractivity contribution is -0.420. The van der Waals surface area contributed by atoms with Crippen molar-refractivity contribution in [3.05, 3.63) is 29.3 Å². The Morgan fingerprint density at radius 3 is 1.85 bits per heavy atom. The first kappa shape index (κ1) is 23.0. The molecule has 0 saturated heterocycles. The largest absolute Gasteiger partial charge is 0.507 e. The maximum absolute atomic E-state index is 13.4. The molecule has 0 spiro atoms. The molecule has 0 atom stereocenters. The molecule has 0 aliphatic carbocycles. The van der Waals surface area contributed by atoms with Crippen LogP contribution in [0.2, 0.25) is 0 Å². The summed E-state index contributed by atoms with van der Waals surface area (Å²) in [5, 5.41) is 9.54. The SMILES string of the molecule is Cc1cccc(C=NCC(F)(F)C(F)(F)C(F)(F)C(F)(F)C(F)(F)F)c1O. The summed E-state index contributed by atoms with van der Waals surface area (Å²) in [4.78, 5) is 2.66. The molecule has 0 amide bonds. The molecule has 0 aromatic heterocycles. The van der Waals surface area contributed by atoms with Crippen LogP contribution in [0.15, 0.2) is 23.2 Å². The fourth-order valence-electron chi connectivity index (χ4n) is 1.75. The van der Waals surface area contributed by atoms with Gasteiger partial charge in [0.1, 0.15) is 12.3 Å². The van der Waals surface area contributed by atoms with Gasteiger partial charge in [0.05, 0.1) is 0 Å². The van der Waals surface area contributed by atoms with Gasteiger partial charge in [0.15, 0.2) is 0 Å². The fraction of sp³-hybridized carbons (Fsp3) is 0.500. The Labute approximate surface area is 144 Å². The Morgan fingerprint density at radius 1 is 0.852 bits per heavy atom. The lowest BCUT2D eigenvalue weighted by Crippen LogP contribution is -2.67. The second-order valence-corrected chi connectivity index (χ2v) is 5.41. The number of nitrogens with zero attached hydrogens (tertiary/aromatic N) is 1. The number of rotatable bonds is 6. The van der Waals surface area contributed by atoms with Crippen LogP contribution in [0, 0.1) is 6.92 Å². The Balaban J connectivity index is 3.17. The van der Waals surface area contributed by atoms with E-state index in [9.17, 15) is 53.4 Å². The quantitative estimate of drug-likeness (QED) is 0.500. The first-order valence-electron chi connectivity index (χ1n) is 6.76. The summed E-state index contributed by atoms with van der Waals surface area (Å²) in [5.41, 5.74) is -0.103. The highest BCUT2D eigenvalue weighted by atomic mass is 19.4. The van der Waals surface area contributed by atoms with Crippen molar-refractivity contribution in [2.24, 2.45) is 4.99 Å². The molecule has 2 nitrogen and oxygen atoms in total. The topological polar surface area (TPSA) is 32.6 Å². The summed E-state index contributed by atoms with van der Waals surface area (Å²) in [6.45, 7) is -1.19. The monoisotopic (exact) mass is 417 g/mol. The number of aryl methyl sites for hydroxylation is 1. The van der Waals surface area contributed by atoms with Crippen molar-refractivity contribution in [1.29, 1.82) is 0 Å². The Bertz CT molecular complexity index is 710. The lowest BCUT2D eigenvalue weighted by Gasteiger charge is -2.36. The molecule has 1 aromatic carbocycles. The van der Waals surface area contributed by atoms with Gasteiger partial charge in [-0.3, -0.25) is 4.99 Å². The maximum atomic E-state index is 13.4. The predicted octanol–water partition coefficient (Wildman–Crippen LogP) is 5.22. The van der Waals surface area contributed by atoms with Crippen LogP contribution in [0.4, 0.5) is 48.3 Å². The van der Waals surface area contributed by atoms with Crippen molar-refractivity contribution >= 4 is 6.21 Å². The van der Waals surface area contributed by atoms with Gasteiger partial charge in [-0.15, -0.1) is 0 Å². The number of halogens is 11. The average Bonchev–Trinajstić information content (AvgIpc) is 2.49. The van der Waals surface area contributed by atoms with E-state index in [0.717, 1.165) is 6.07 Å². The van der Waals surface area contributed by atoms with Crippen molar-refractivity contribution in [3.8, 4) is 5.75 Å². The van der Waals surface area contributed by atoms with E-state index in [2.05, 4.69) is 4.99 Å². The summed E-state index contributed by atoms with van der Waals surface area (Å²) in [6, 6.07) is 3.70. The summed E-state index contributed by atoms with van der Waals surface area (Å²) in [5.74, 6) is -28.6. The highest BCUT2D eigenvalue weighted by Crippen LogP contribution is 2.57. The first-order valence-corrected chi connectivity index (χ1v) is 6.76. The molecule has 0 heterocycles. The van der Waals surface area contributed by atoms with Crippen molar-refractivity contribution in [3.63, 3.8) is 0 Å². The fourth-order valence-corrected chi connectivity index (χ4v) is 1.75. The number of phenolic OH excluding ortho intramolecular Hbond substituents is 1. The lowest BCUT2D eigenvalue weighted by atomic mass is 9.98. The number of aromatic hydroxyl groups is 1. The minimum absolute atomic E-state index is 0.201. The third-order valence-electron chi connectivity index (χ3n) is 3.39. The second-order valence-electron chi connectivity index (χ2n) is 5.41. The second kappa shape index (κ2) is 6.82. The van der Waals surface area contributed by atoms with Crippen molar-refractivity contribution in [1.82, 2.24) is 0 Å². The molecule has 154 valence electrons. The smallest absolute Gasteiger partial charge is 0.460 e. The van der Waals surface area contributed by atoms with Gasteiger partial charge in [-0.2, -0.15) is 48.3 Å². The third kappa shape index (κ3) is 3.81. The van der Waals surface area contributed by atoms with Crippen LogP contribution in [0.1, 0.15) is 11.1 Å². The summed E-state index contributed by atoms with van der Waals surface area (Å²) >= 11 is 0. The number of hydrogen-bond acceptors (Lipinski definition) is 2. The Morgan fingerprint density at radius 2 is 1.37 bits per heavy atom. The van der Waals surface area contributed by atoms with E-state index < -0.39 is 42.2 Å². The van der Waals surface area contributed by atoms with Crippen LogP contribution < -0.4 is 0 Å². The van der Waals surface area contributed by atoms with Gasteiger partial charge < -0.3 is 5.11 Å². The number of para-hydroxylation sites is 1. The van der Waals surface area contributed by atoms with Crippen LogP contribution in [0.3, 0.4) is 0 Å². The molecule has 27 heavy (non-hydrogen) atoms. The van der Waals surface area contributed by atoms with Crippen LogP contribution in [-0.2, 0) is 0 Å². The number of hydrogen-bond donors (Lipinski definition) is 1. The molecule has 0 unspecified atom stereocenters. The Hall–Kier alpha value is -2.08. The zero-order valence-corrected chi connectivity index (χ0v) is 13.1. The van der Waals surface area contributed by atoms with Crippen LogP contribution in [0.5, 0.6) is 5.75 Å². The van der Waals surface area contributed by atoms with Gasteiger partial charge >= 0.3 is 29.9 Å². The van der Waals surface area contributed by atoms with Crippen molar-refractivity contribution in [2.75, 3.05) is 6.54 Å². The summed E-state index contributed by atoms with van der Waals surface area (Å²) in [7, 11) is 0. The van der Waals surface area contributed by atoms with Crippen molar-refractivity contribution in [2.45, 2.75) is 36.8 Å². The van der Waals surface area contributed by atoms with Crippen molar-refractivity contribution < 1.29 is 53.4 Å². The van der Waals surface area contributed by atoms with E-state index in [4.69, 9.17) is 0 Å². The zero-order valence-electron chi connectivity index (χ0n) is 13.1. The van der Waals surface area contributed by atoms with E-state index in [1.807, 2.05) is 0 Å². The van der Waals surface area contributed by atoms with Gasteiger partial charge in [-0.25, -0.2) is 0 Å².